The number of nitrogens with zero attached hydrogens (tertiary/aromatic N) is 3. The van der Waals surface area contributed by atoms with Gasteiger partial charge in [-0.15, -0.1) is 0 Å². The van der Waals surface area contributed by atoms with Gasteiger partial charge < -0.3 is 16.4 Å². The first-order chi connectivity index (χ1) is 15.4. The van der Waals surface area contributed by atoms with Gasteiger partial charge in [0, 0.05) is 25.3 Å². The molecule has 176 valence electrons. The SMILES string of the molecule is C[C@H](NCCNc1ncnc2c(C(N)=O)ccnc12)c1ccc(C(F)(F)F)c(C(F)(F)F)c1. The topological polar surface area (TPSA) is 106 Å². The van der Waals surface area contributed by atoms with Crippen LogP contribution in [-0.2, 0) is 12.4 Å². The molecule has 2 heterocycles. The summed E-state index contributed by atoms with van der Waals surface area (Å²) in [6.45, 7) is 2.00. The summed E-state index contributed by atoms with van der Waals surface area (Å²) in [5.41, 5.74) is 2.64. The van der Waals surface area contributed by atoms with Gasteiger partial charge in [0.15, 0.2) is 5.82 Å². The van der Waals surface area contributed by atoms with Crippen LogP contribution in [0, 0.1) is 0 Å². The van der Waals surface area contributed by atoms with Crippen molar-refractivity contribution in [3.05, 3.63) is 59.0 Å². The normalized spacial score (nSPS) is 13.2. The molecule has 0 aliphatic heterocycles. The van der Waals surface area contributed by atoms with Gasteiger partial charge in [0.2, 0.25) is 0 Å². The van der Waals surface area contributed by atoms with E-state index in [2.05, 4.69) is 25.6 Å². The van der Waals surface area contributed by atoms with E-state index in [0.717, 1.165) is 6.07 Å². The number of alkyl halides is 6. The van der Waals surface area contributed by atoms with Crippen molar-refractivity contribution in [1.29, 1.82) is 0 Å². The molecule has 0 saturated carbocycles. The maximum atomic E-state index is 13.1. The number of nitrogens with one attached hydrogen (secondary N) is 2. The van der Waals surface area contributed by atoms with Crippen LogP contribution >= 0.6 is 0 Å². The second-order valence-corrected chi connectivity index (χ2v) is 7.05. The lowest BCUT2D eigenvalue weighted by Gasteiger charge is -2.20. The van der Waals surface area contributed by atoms with Gasteiger partial charge >= 0.3 is 12.4 Å². The van der Waals surface area contributed by atoms with Gasteiger partial charge in [-0.05, 0) is 30.7 Å². The van der Waals surface area contributed by atoms with Crippen LogP contribution in [0.4, 0.5) is 32.2 Å². The molecule has 0 bridgehead atoms. The number of aromatic nitrogens is 3. The average Bonchev–Trinajstić information content (AvgIpc) is 2.74. The third kappa shape index (κ3) is 5.48. The van der Waals surface area contributed by atoms with Crippen molar-refractivity contribution >= 4 is 22.8 Å². The Bertz CT molecular complexity index is 1160. The maximum Gasteiger partial charge on any atom is 0.417 e. The zero-order valence-corrected chi connectivity index (χ0v) is 17.1. The van der Waals surface area contributed by atoms with Crippen LogP contribution in [0.25, 0.3) is 11.0 Å². The Kier molecular flexibility index (Phi) is 6.72. The van der Waals surface area contributed by atoms with Crippen molar-refractivity contribution in [1.82, 2.24) is 20.3 Å². The largest absolute Gasteiger partial charge is 0.417 e. The standard InChI is InChI=1S/C20H18F6N6O/c1-10(11-2-3-13(19(21,22)23)14(8-11)20(24,25)26)28-6-7-30-18-16-15(31-9-32-18)12(17(27)33)4-5-29-16/h2-5,8-10,28H,6-7H2,1H3,(H2,27,33)(H,30,31,32)/t10-/m0/s1. The molecule has 0 saturated heterocycles. The van der Waals surface area contributed by atoms with Crippen LogP contribution in [0.2, 0.25) is 0 Å². The van der Waals surface area contributed by atoms with Crippen LogP contribution < -0.4 is 16.4 Å². The second-order valence-electron chi connectivity index (χ2n) is 7.05. The van der Waals surface area contributed by atoms with E-state index in [0.29, 0.717) is 23.5 Å². The summed E-state index contributed by atoms with van der Waals surface area (Å²) in [7, 11) is 0. The molecule has 1 atom stereocenters. The zero-order valence-electron chi connectivity index (χ0n) is 17.1. The first-order valence-corrected chi connectivity index (χ1v) is 9.54. The fraction of sp³-hybridized carbons (Fsp3) is 0.300. The van der Waals surface area contributed by atoms with Crippen LogP contribution in [-0.4, -0.2) is 33.9 Å². The van der Waals surface area contributed by atoms with Crippen molar-refractivity contribution < 1.29 is 31.1 Å². The van der Waals surface area contributed by atoms with Gasteiger partial charge in [-0.3, -0.25) is 9.78 Å². The molecule has 3 rings (SSSR count). The first-order valence-electron chi connectivity index (χ1n) is 9.54. The van der Waals surface area contributed by atoms with Crippen LogP contribution in [0.5, 0.6) is 0 Å². The highest BCUT2D eigenvalue weighted by Crippen LogP contribution is 2.41. The van der Waals surface area contributed by atoms with Gasteiger partial charge in [0.05, 0.1) is 16.7 Å². The molecule has 1 aromatic carbocycles. The van der Waals surface area contributed by atoms with Crippen molar-refractivity contribution in [3.63, 3.8) is 0 Å². The fourth-order valence-corrected chi connectivity index (χ4v) is 3.19. The molecular weight excluding hydrogens is 454 g/mol. The lowest BCUT2D eigenvalue weighted by Crippen LogP contribution is -2.26. The average molecular weight is 472 g/mol. The number of carbonyl (C=O) groups is 1. The molecule has 0 fully saturated rings. The summed E-state index contributed by atoms with van der Waals surface area (Å²) in [6.07, 6.45) is -7.67. The Morgan fingerprint density at radius 1 is 0.970 bits per heavy atom. The molecule has 0 aliphatic carbocycles. The Labute approximate surface area is 183 Å². The molecule has 4 N–H and O–H groups in total. The number of benzene rings is 1. The molecule has 33 heavy (non-hydrogen) atoms. The van der Waals surface area contributed by atoms with E-state index in [-0.39, 0.29) is 29.7 Å². The number of anilines is 1. The van der Waals surface area contributed by atoms with E-state index in [1.54, 1.807) is 0 Å². The minimum absolute atomic E-state index is 0.0515. The van der Waals surface area contributed by atoms with E-state index in [9.17, 15) is 31.1 Å². The summed E-state index contributed by atoms with van der Waals surface area (Å²) >= 11 is 0. The number of carbonyl (C=O) groups excluding carboxylic acids is 1. The molecule has 3 aromatic rings. The second kappa shape index (κ2) is 9.17. The molecule has 0 unspecified atom stereocenters. The minimum atomic E-state index is -5.15. The summed E-state index contributed by atoms with van der Waals surface area (Å²) in [4.78, 5) is 23.7. The number of primary amides is 1. The first kappa shape index (κ1) is 24.2. The van der Waals surface area contributed by atoms with Crippen LogP contribution in [0.1, 0.15) is 40.0 Å². The number of rotatable bonds is 7. The molecule has 7 nitrogen and oxygen atoms in total. The molecule has 1 amide bonds. The molecule has 0 aliphatic rings. The molecule has 2 aromatic heterocycles. The Balaban J connectivity index is 1.69. The van der Waals surface area contributed by atoms with Gasteiger partial charge in [-0.2, -0.15) is 26.3 Å². The third-order valence-electron chi connectivity index (χ3n) is 4.81. The number of pyridine rings is 1. The molecule has 0 radical (unpaired) electrons. The number of nitrogens with two attached hydrogens (primary N) is 1. The van der Waals surface area contributed by atoms with Crippen LogP contribution in [0.3, 0.4) is 0 Å². The van der Waals surface area contributed by atoms with Crippen LogP contribution in [0.15, 0.2) is 36.8 Å². The Morgan fingerprint density at radius 2 is 1.67 bits per heavy atom. The minimum Gasteiger partial charge on any atom is -0.367 e. The summed E-state index contributed by atoms with van der Waals surface area (Å²) in [6, 6.07) is 2.70. The Morgan fingerprint density at radius 3 is 2.30 bits per heavy atom. The predicted octanol–water partition coefficient (Wildman–Crippen LogP) is 3.92. The third-order valence-corrected chi connectivity index (χ3v) is 4.81. The number of amides is 1. The smallest absolute Gasteiger partial charge is 0.367 e. The van der Waals surface area contributed by atoms with E-state index in [1.807, 2.05) is 0 Å². The summed E-state index contributed by atoms with van der Waals surface area (Å²) < 4.78 is 78.2. The van der Waals surface area contributed by atoms with Crippen molar-refractivity contribution in [2.75, 3.05) is 18.4 Å². The fourth-order valence-electron chi connectivity index (χ4n) is 3.19. The monoisotopic (exact) mass is 472 g/mol. The van der Waals surface area contributed by atoms with Gasteiger partial charge in [-0.25, -0.2) is 9.97 Å². The highest BCUT2D eigenvalue weighted by atomic mass is 19.4. The maximum absolute atomic E-state index is 13.1. The molecule has 0 spiro atoms. The molecule has 13 heteroatoms. The van der Waals surface area contributed by atoms with Crippen molar-refractivity contribution in [2.24, 2.45) is 5.73 Å². The quantitative estimate of drug-likeness (QED) is 0.356. The predicted molar refractivity (Wildman–Crippen MR) is 107 cm³/mol. The number of fused-ring (bicyclic) bond motifs is 1. The Hall–Kier alpha value is -3.48. The van der Waals surface area contributed by atoms with E-state index >= 15 is 0 Å². The number of hydrogen-bond donors (Lipinski definition) is 3. The summed E-state index contributed by atoms with van der Waals surface area (Å²) in [5, 5.41) is 5.90. The van der Waals surface area contributed by atoms with Crippen molar-refractivity contribution in [3.8, 4) is 0 Å². The summed E-state index contributed by atoms with van der Waals surface area (Å²) in [5.74, 6) is -0.372. The van der Waals surface area contributed by atoms with Gasteiger partial charge in [0.25, 0.3) is 5.91 Å². The lowest BCUT2D eigenvalue weighted by atomic mass is 9.99. The number of halogens is 6. The van der Waals surface area contributed by atoms with E-state index < -0.39 is 35.4 Å². The van der Waals surface area contributed by atoms with E-state index in [4.69, 9.17) is 5.73 Å². The van der Waals surface area contributed by atoms with E-state index in [1.165, 1.54) is 25.5 Å². The highest BCUT2D eigenvalue weighted by Gasteiger charge is 2.43. The van der Waals surface area contributed by atoms with Gasteiger partial charge in [-0.1, -0.05) is 6.07 Å². The number of hydrogen-bond acceptors (Lipinski definition) is 6. The highest BCUT2D eigenvalue weighted by molar-refractivity contribution is 6.05. The zero-order chi connectivity index (χ0) is 24.4. The van der Waals surface area contributed by atoms with Gasteiger partial charge in [0.1, 0.15) is 17.4 Å². The molecular formula is C20H18F6N6O. The van der Waals surface area contributed by atoms with Crippen molar-refractivity contribution in [2.45, 2.75) is 25.3 Å². The lowest BCUT2D eigenvalue weighted by molar-refractivity contribution is -0.162.